The molecular formula is C52H32N2OS. The number of thiophene rings is 1. The van der Waals surface area contributed by atoms with Crippen LogP contribution in [0.25, 0.3) is 109 Å². The fourth-order valence-electron chi connectivity index (χ4n) is 7.93. The summed E-state index contributed by atoms with van der Waals surface area (Å²) in [6.07, 6.45) is 0. The summed E-state index contributed by atoms with van der Waals surface area (Å²) in [5.74, 6) is 0.681. The summed E-state index contributed by atoms with van der Waals surface area (Å²) in [6, 6.07) is 68.4. The van der Waals surface area contributed by atoms with Crippen LogP contribution in [0, 0.1) is 0 Å². The van der Waals surface area contributed by atoms with Gasteiger partial charge in [0, 0.05) is 53.2 Å². The molecule has 11 aromatic rings. The number of nitrogens with zero attached hydrogens (tertiary/aromatic N) is 2. The van der Waals surface area contributed by atoms with Crippen molar-refractivity contribution in [3.8, 4) is 67.3 Å². The highest BCUT2D eigenvalue weighted by atomic mass is 32.1. The first-order valence-electron chi connectivity index (χ1n) is 18.8. The molecule has 0 unspecified atom stereocenters. The lowest BCUT2D eigenvalue weighted by Gasteiger charge is -2.11. The van der Waals surface area contributed by atoms with Crippen LogP contribution in [0.3, 0.4) is 0 Å². The molecule has 0 saturated carbocycles. The van der Waals surface area contributed by atoms with Crippen molar-refractivity contribution < 1.29 is 4.42 Å². The van der Waals surface area contributed by atoms with Crippen LogP contribution in [-0.2, 0) is 0 Å². The monoisotopic (exact) mass is 732 g/mol. The predicted octanol–water partition coefficient (Wildman–Crippen LogP) is 14.7. The first-order valence-corrected chi connectivity index (χ1v) is 19.6. The SMILES string of the molecule is c1ccc(-c2ccc(-c3cc(-c4ccccc4)nc(-c4ccc(-c5ccc(-c6ccc7c(c6)sc6ccccc67)c6c5oc5ccccc56)cc4)n3)cc2)cc1. The van der Waals surface area contributed by atoms with Gasteiger partial charge in [-0.1, -0.05) is 164 Å². The predicted molar refractivity (Wildman–Crippen MR) is 235 cm³/mol. The third kappa shape index (κ3) is 5.58. The summed E-state index contributed by atoms with van der Waals surface area (Å²) in [7, 11) is 0. The quantitative estimate of drug-likeness (QED) is 0.171. The molecule has 0 radical (unpaired) electrons. The zero-order valence-electron chi connectivity index (χ0n) is 30.2. The van der Waals surface area contributed by atoms with Crippen molar-refractivity contribution in [3.05, 3.63) is 194 Å². The molecule has 0 bridgehead atoms. The lowest BCUT2D eigenvalue weighted by molar-refractivity contribution is 0.670. The summed E-state index contributed by atoms with van der Waals surface area (Å²) in [4.78, 5) is 10.2. The maximum absolute atomic E-state index is 6.69. The van der Waals surface area contributed by atoms with Crippen LogP contribution in [-0.4, -0.2) is 9.97 Å². The molecular weight excluding hydrogens is 701 g/mol. The Kier molecular flexibility index (Phi) is 7.68. The lowest BCUT2D eigenvalue weighted by Crippen LogP contribution is -1.96. The van der Waals surface area contributed by atoms with Gasteiger partial charge in [-0.25, -0.2) is 9.97 Å². The van der Waals surface area contributed by atoms with Gasteiger partial charge in [0.25, 0.3) is 0 Å². The second kappa shape index (κ2) is 13.3. The average molecular weight is 733 g/mol. The Morgan fingerprint density at radius 1 is 0.357 bits per heavy atom. The van der Waals surface area contributed by atoms with Crippen LogP contribution >= 0.6 is 11.3 Å². The molecule has 0 amide bonds. The van der Waals surface area contributed by atoms with Crippen molar-refractivity contribution in [3.63, 3.8) is 0 Å². The van der Waals surface area contributed by atoms with E-state index in [4.69, 9.17) is 14.4 Å². The Labute approximate surface area is 327 Å². The van der Waals surface area contributed by atoms with E-state index in [-0.39, 0.29) is 0 Å². The minimum Gasteiger partial charge on any atom is -0.455 e. The molecule has 262 valence electrons. The number of rotatable bonds is 6. The Morgan fingerprint density at radius 3 is 1.66 bits per heavy atom. The highest BCUT2D eigenvalue weighted by Crippen LogP contribution is 2.44. The van der Waals surface area contributed by atoms with E-state index < -0.39 is 0 Å². The van der Waals surface area contributed by atoms with E-state index in [2.05, 4.69) is 164 Å². The molecule has 56 heavy (non-hydrogen) atoms. The van der Waals surface area contributed by atoms with Crippen LogP contribution in [0.4, 0.5) is 0 Å². The standard InChI is InChI=1S/C52H32N2OS/c1-3-11-33(12-4-1)34-19-23-37(24-20-34)46-32-45(36-13-5-2-6-14-36)53-52(54-46)38-25-21-35(22-26-38)41-30-29-40(50-44-16-7-9-17-47(44)55-51(41)50)39-27-28-43-42-15-8-10-18-48(42)56-49(43)31-39/h1-32H. The van der Waals surface area contributed by atoms with Crippen LogP contribution in [0.5, 0.6) is 0 Å². The van der Waals surface area contributed by atoms with Crippen LogP contribution in [0.1, 0.15) is 0 Å². The fourth-order valence-corrected chi connectivity index (χ4v) is 9.08. The first kappa shape index (κ1) is 32.3. The maximum atomic E-state index is 6.69. The van der Waals surface area contributed by atoms with Gasteiger partial charge in [0.05, 0.1) is 11.4 Å². The molecule has 0 N–H and O–H groups in total. The molecule has 3 nitrogen and oxygen atoms in total. The molecule has 0 fully saturated rings. The van der Waals surface area contributed by atoms with Crippen molar-refractivity contribution in [2.75, 3.05) is 0 Å². The van der Waals surface area contributed by atoms with Gasteiger partial charge in [0.15, 0.2) is 5.82 Å². The van der Waals surface area contributed by atoms with Gasteiger partial charge in [-0.3, -0.25) is 0 Å². The molecule has 11 rings (SSSR count). The largest absolute Gasteiger partial charge is 0.455 e. The Bertz CT molecular complexity index is 3220. The van der Waals surface area contributed by atoms with Gasteiger partial charge < -0.3 is 4.42 Å². The van der Waals surface area contributed by atoms with Crippen LogP contribution in [0.15, 0.2) is 199 Å². The van der Waals surface area contributed by atoms with E-state index in [9.17, 15) is 0 Å². The molecule has 0 aliphatic carbocycles. The Morgan fingerprint density at radius 2 is 0.893 bits per heavy atom. The van der Waals surface area contributed by atoms with Crippen LogP contribution in [0.2, 0.25) is 0 Å². The molecule has 0 saturated heterocycles. The average Bonchev–Trinajstić information content (AvgIpc) is 3.85. The minimum absolute atomic E-state index is 0.681. The van der Waals surface area contributed by atoms with E-state index >= 15 is 0 Å². The minimum atomic E-state index is 0.681. The van der Waals surface area contributed by atoms with E-state index in [0.29, 0.717) is 5.82 Å². The summed E-state index contributed by atoms with van der Waals surface area (Å²) in [5.41, 5.74) is 13.4. The van der Waals surface area contributed by atoms with Crippen molar-refractivity contribution >= 4 is 53.4 Å². The molecule has 3 aromatic heterocycles. The molecule has 8 aromatic carbocycles. The third-order valence-corrected chi connectivity index (χ3v) is 11.9. The molecule has 4 heteroatoms. The summed E-state index contributed by atoms with van der Waals surface area (Å²) < 4.78 is 9.29. The number of aromatic nitrogens is 2. The number of fused-ring (bicyclic) bond motifs is 6. The van der Waals surface area contributed by atoms with Crippen molar-refractivity contribution in [2.45, 2.75) is 0 Å². The molecule has 0 aliphatic heterocycles. The van der Waals surface area contributed by atoms with E-state index in [1.54, 1.807) is 0 Å². The molecule has 0 aliphatic rings. The van der Waals surface area contributed by atoms with Crippen molar-refractivity contribution in [2.24, 2.45) is 0 Å². The highest BCUT2D eigenvalue weighted by Gasteiger charge is 2.19. The summed E-state index contributed by atoms with van der Waals surface area (Å²) in [6.45, 7) is 0. The Balaban J connectivity index is 0.998. The van der Waals surface area contributed by atoms with Crippen molar-refractivity contribution in [1.82, 2.24) is 9.97 Å². The number of hydrogen-bond donors (Lipinski definition) is 0. The smallest absolute Gasteiger partial charge is 0.160 e. The normalized spacial score (nSPS) is 11.6. The first-order chi connectivity index (χ1) is 27.7. The number of furan rings is 1. The lowest BCUT2D eigenvalue weighted by atomic mass is 9.94. The fraction of sp³-hybridized carbons (Fsp3) is 0. The van der Waals surface area contributed by atoms with Gasteiger partial charge in [-0.05, 0) is 58.1 Å². The van der Waals surface area contributed by atoms with Crippen molar-refractivity contribution in [1.29, 1.82) is 0 Å². The Hall–Kier alpha value is -7.14. The van der Waals surface area contributed by atoms with Gasteiger partial charge in [0.2, 0.25) is 0 Å². The number of para-hydroxylation sites is 1. The zero-order valence-corrected chi connectivity index (χ0v) is 31.0. The molecule has 0 spiro atoms. The zero-order chi connectivity index (χ0) is 37.0. The topological polar surface area (TPSA) is 38.9 Å². The molecule has 3 heterocycles. The maximum Gasteiger partial charge on any atom is 0.160 e. The van der Waals surface area contributed by atoms with E-state index in [0.717, 1.165) is 61.1 Å². The van der Waals surface area contributed by atoms with Gasteiger partial charge in [-0.2, -0.15) is 0 Å². The molecule has 0 atom stereocenters. The van der Waals surface area contributed by atoms with E-state index in [1.165, 1.54) is 42.4 Å². The van der Waals surface area contributed by atoms with Crippen LogP contribution < -0.4 is 0 Å². The second-order valence-corrected chi connectivity index (χ2v) is 15.2. The van der Waals surface area contributed by atoms with E-state index in [1.807, 2.05) is 41.7 Å². The number of hydrogen-bond acceptors (Lipinski definition) is 4. The second-order valence-electron chi connectivity index (χ2n) is 14.1. The van der Waals surface area contributed by atoms with Gasteiger partial charge in [0.1, 0.15) is 11.2 Å². The summed E-state index contributed by atoms with van der Waals surface area (Å²) in [5, 5.41) is 4.85. The number of benzene rings is 8. The van der Waals surface area contributed by atoms with Gasteiger partial charge >= 0.3 is 0 Å². The summed E-state index contributed by atoms with van der Waals surface area (Å²) >= 11 is 1.85. The third-order valence-electron chi connectivity index (χ3n) is 10.8. The highest BCUT2D eigenvalue weighted by molar-refractivity contribution is 7.25. The van der Waals surface area contributed by atoms with Gasteiger partial charge in [-0.15, -0.1) is 11.3 Å².